The van der Waals surface area contributed by atoms with E-state index in [9.17, 15) is 4.79 Å². The van der Waals surface area contributed by atoms with Crippen LogP contribution in [0.15, 0.2) is 42.6 Å². The Hall–Kier alpha value is -2.03. The molecule has 0 unspecified atom stereocenters. The summed E-state index contributed by atoms with van der Waals surface area (Å²) >= 11 is 0. The fourth-order valence-electron chi connectivity index (χ4n) is 2.86. The van der Waals surface area contributed by atoms with Gasteiger partial charge < -0.3 is 9.47 Å². The molecule has 0 N–H and O–H groups in total. The van der Waals surface area contributed by atoms with E-state index in [1.54, 1.807) is 0 Å². The summed E-state index contributed by atoms with van der Waals surface area (Å²) in [6.45, 7) is 2.87. The summed E-state index contributed by atoms with van der Waals surface area (Å²) in [5.74, 6) is 0.159. The first-order valence-electron chi connectivity index (χ1n) is 8.19. The van der Waals surface area contributed by atoms with Gasteiger partial charge in [-0.2, -0.15) is 0 Å². The Kier molecular flexibility index (Phi) is 4.32. The maximum Gasteiger partial charge on any atom is 0.254 e. The largest absolute Gasteiger partial charge is 0.353 e. The third-order valence-corrected chi connectivity index (χ3v) is 4.37. The van der Waals surface area contributed by atoms with Crippen LogP contribution in [0.2, 0.25) is 0 Å². The van der Waals surface area contributed by atoms with Gasteiger partial charge in [0.25, 0.3) is 5.91 Å². The maximum absolute atomic E-state index is 12.8. The zero-order chi connectivity index (χ0) is 15.5. The van der Waals surface area contributed by atoms with E-state index in [4.69, 9.17) is 0 Å². The fourth-order valence-corrected chi connectivity index (χ4v) is 2.86. The molecule has 1 aliphatic carbocycles. The summed E-state index contributed by atoms with van der Waals surface area (Å²) in [6.07, 6.45) is 6.50. The van der Waals surface area contributed by atoms with Crippen molar-refractivity contribution in [2.75, 3.05) is 0 Å². The lowest BCUT2D eigenvalue weighted by molar-refractivity contribution is 0.0726. The van der Waals surface area contributed by atoms with E-state index in [0.717, 1.165) is 31.2 Å². The Labute approximate surface area is 132 Å². The molecule has 3 nitrogen and oxygen atoms in total. The highest BCUT2D eigenvalue weighted by atomic mass is 16.2. The number of rotatable bonds is 6. The van der Waals surface area contributed by atoms with Crippen LogP contribution in [0.4, 0.5) is 0 Å². The van der Waals surface area contributed by atoms with E-state index >= 15 is 0 Å². The lowest BCUT2D eigenvalue weighted by Gasteiger charge is -2.23. The highest BCUT2D eigenvalue weighted by Crippen LogP contribution is 2.30. The van der Waals surface area contributed by atoms with Crippen LogP contribution in [-0.2, 0) is 20.0 Å². The fraction of sp³-hybridized carbons (Fsp3) is 0.421. The van der Waals surface area contributed by atoms with E-state index in [2.05, 4.69) is 29.7 Å². The Bertz CT molecular complexity index is 638. The summed E-state index contributed by atoms with van der Waals surface area (Å²) in [7, 11) is 2.03. The molecule has 2 aromatic rings. The van der Waals surface area contributed by atoms with E-state index in [-0.39, 0.29) is 5.91 Å². The minimum Gasteiger partial charge on any atom is -0.353 e. The summed E-state index contributed by atoms with van der Waals surface area (Å²) < 4.78 is 2.09. The Morgan fingerprint density at radius 3 is 2.50 bits per heavy atom. The molecule has 1 heterocycles. The standard InChI is InChI=1S/C19H24N2O/c1-3-5-15-7-9-16(10-8-15)19(22)21(17-11-12-17)14-18-6-4-13-20(18)2/h4,6-10,13,17H,3,5,11-12,14H2,1-2H3. The van der Waals surface area contributed by atoms with Crippen LogP contribution in [-0.4, -0.2) is 21.4 Å². The van der Waals surface area contributed by atoms with Gasteiger partial charge in [0.05, 0.1) is 6.54 Å². The number of carbonyl (C=O) groups is 1. The van der Waals surface area contributed by atoms with Crippen molar-refractivity contribution in [2.24, 2.45) is 7.05 Å². The smallest absolute Gasteiger partial charge is 0.254 e. The van der Waals surface area contributed by atoms with Gasteiger partial charge in [-0.1, -0.05) is 25.5 Å². The zero-order valence-electron chi connectivity index (χ0n) is 13.5. The number of hydrogen-bond donors (Lipinski definition) is 0. The van der Waals surface area contributed by atoms with Crippen LogP contribution in [0.25, 0.3) is 0 Å². The number of nitrogens with zero attached hydrogens (tertiary/aromatic N) is 2. The molecule has 116 valence electrons. The lowest BCUT2D eigenvalue weighted by Crippen LogP contribution is -2.33. The van der Waals surface area contributed by atoms with Gasteiger partial charge in [-0.3, -0.25) is 4.79 Å². The average Bonchev–Trinajstić information content (AvgIpc) is 3.29. The third kappa shape index (κ3) is 3.24. The Morgan fingerprint density at radius 1 is 1.23 bits per heavy atom. The molecular weight excluding hydrogens is 272 g/mol. The monoisotopic (exact) mass is 296 g/mol. The van der Waals surface area contributed by atoms with Crippen molar-refractivity contribution in [1.29, 1.82) is 0 Å². The van der Waals surface area contributed by atoms with Crippen LogP contribution in [0.3, 0.4) is 0 Å². The molecule has 1 amide bonds. The first kappa shape index (κ1) is 14.9. The quantitative estimate of drug-likeness (QED) is 0.796. The SMILES string of the molecule is CCCc1ccc(C(=O)N(Cc2cccn2C)C2CC2)cc1. The van der Waals surface area contributed by atoms with Gasteiger partial charge in [-0.05, 0) is 49.1 Å². The maximum atomic E-state index is 12.8. The van der Waals surface area contributed by atoms with Gasteiger partial charge in [0.15, 0.2) is 0 Å². The summed E-state index contributed by atoms with van der Waals surface area (Å²) in [5, 5.41) is 0. The first-order valence-corrected chi connectivity index (χ1v) is 8.19. The molecule has 1 aliphatic rings. The highest BCUT2D eigenvalue weighted by Gasteiger charge is 2.33. The summed E-state index contributed by atoms with van der Waals surface area (Å²) in [6, 6.07) is 12.7. The molecule has 0 aliphatic heterocycles. The lowest BCUT2D eigenvalue weighted by atomic mass is 10.1. The van der Waals surface area contributed by atoms with Crippen molar-refractivity contribution >= 4 is 5.91 Å². The van der Waals surface area contributed by atoms with Crippen molar-refractivity contribution in [3.8, 4) is 0 Å². The van der Waals surface area contributed by atoms with Gasteiger partial charge in [-0.15, -0.1) is 0 Å². The molecule has 0 radical (unpaired) electrons. The van der Waals surface area contributed by atoms with Gasteiger partial charge >= 0.3 is 0 Å². The number of aromatic nitrogens is 1. The third-order valence-electron chi connectivity index (χ3n) is 4.37. The number of hydrogen-bond acceptors (Lipinski definition) is 1. The Balaban J connectivity index is 1.76. The number of benzene rings is 1. The molecule has 1 aromatic heterocycles. The molecule has 1 saturated carbocycles. The van der Waals surface area contributed by atoms with Gasteiger partial charge in [-0.25, -0.2) is 0 Å². The predicted molar refractivity (Wildman–Crippen MR) is 88.7 cm³/mol. The molecule has 3 heteroatoms. The highest BCUT2D eigenvalue weighted by molar-refractivity contribution is 5.94. The Morgan fingerprint density at radius 2 is 1.95 bits per heavy atom. The zero-order valence-corrected chi connectivity index (χ0v) is 13.5. The minimum atomic E-state index is 0.159. The topological polar surface area (TPSA) is 25.2 Å². The molecule has 3 rings (SSSR count). The van der Waals surface area contributed by atoms with E-state index < -0.39 is 0 Å². The van der Waals surface area contributed by atoms with Gasteiger partial charge in [0.2, 0.25) is 0 Å². The molecule has 0 atom stereocenters. The van der Waals surface area contributed by atoms with Gasteiger partial charge in [0, 0.05) is 30.5 Å². The summed E-state index contributed by atoms with van der Waals surface area (Å²) in [5.41, 5.74) is 3.29. The number of aryl methyl sites for hydroxylation is 2. The second kappa shape index (κ2) is 6.39. The second-order valence-electron chi connectivity index (χ2n) is 6.22. The predicted octanol–water partition coefficient (Wildman–Crippen LogP) is 3.78. The number of amides is 1. The second-order valence-corrected chi connectivity index (χ2v) is 6.22. The first-order chi connectivity index (χ1) is 10.7. The minimum absolute atomic E-state index is 0.159. The van der Waals surface area contributed by atoms with Crippen LogP contribution in [0, 0.1) is 0 Å². The van der Waals surface area contributed by atoms with Crippen molar-refractivity contribution < 1.29 is 4.79 Å². The summed E-state index contributed by atoms with van der Waals surface area (Å²) in [4.78, 5) is 14.9. The molecule has 1 fully saturated rings. The van der Waals surface area contributed by atoms with Crippen LogP contribution in [0.5, 0.6) is 0 Å². The van der Waals surface area contributed by atoms with Crippen LogP contribution >= 0.6 is 0 Å². The van der Waals surface area contributed by atoms with Crippen LogP contribution in [0.1, 0.15) is 47.8 Å². The van der Waals surface area contributed by atoms with Crippen LogP contribution < -0.4 is 0 Å². The van der Waals surface area contributed by atoms with Crippen molar-refractivity contribution in [2.45, 2.75) is 45.2 Å². The van der Waals surface area contributed by atoms with Crippen molar-refractivity contribution in [3.63, 3.8) is 0 Å². The molecule has 0 bridgehead atoms. The average molecular weight is 296 g/mol. The molecule has 1 aromatic carbocycles. The van der Waals surface area contributed by atoms with E-state index in [0.29, 0.717) is 12.6 Å². The molecular formula is C19H24N2O. The van der Waals surface area contributed by atoms with E-state index in [1.165, 1.54) is 11.3 Å². The normalized spacial score (nSPS) is 14.1. The molecule has 0 spiro atoms. The van der Waals surface area contributed by atoms with Crippen molar-refractivity contribution in [3.05, 3.63) is 59.4 Å². The van der Waals surface area contributed by atoms with E-state index in [1.807, 2.05) is 36.3 Å². The number of carbonyl (C=O) groups excluding carboxylic acids is 1. The van der Waals surface area contributed by atoms with Crippen molar-refractivity contribution in [1.82, 2.24) is 9.47 Å². The molecule has 0 saturated heterocycles. The van der Waals surface area contributed by atoms with Gasteiger partial charge in [0.1, 0.15) is 0 Å². The molecule has 22 heavy (non-hydrogen) atoms.